The molecule has 1 aromatic carbocycles. The average Bonchev–Trinajstić information content (AvgIpc) is 2.39. The van der Waals surface area contributed by atoms with Crippen molar-refractivity contribution < 1.29 is 18.8 Å². The van der Waals surface area contributed by atoms with E-state index in [1.54, 1.807) is 0 Å². The molecule has 2 rings (SSSR count). The van der Waals surface area contributed by atoms with Crippen LogP contribution in [0.15, 0.2) is 36.5 Å². The number of halogens is 1. The van der Waals surface area contributed by atoms with Crippen LogP contribution < -0.4 is 4.74 Å². The molecule has 0 atom stereocenters. The van der Waals surface area contributed by atoms with Crippen LogP contribution in [0.1, 0.15) is 17.4 Å². The Bertz CT molecular complexity index is 671. The zero-order valence-corrected chi connectivity index (χ0v) is 10.4. The van der Waals surface area contributed by atoms with Gasteiger partial charge in [0.15, 0.2) is 5.78 Å². The van der Waals surface area contributed by atoms with E-state index in [0.717, 1.165) is 12.1 Å². The number of pyridine rings is 1. The molecule has 0 fully saturated rings. The maximum atomic E-state index is 13.4. The van der Waals surface area contributed by atoms with Crippen molar-refractivity contribution >= 4 is 11.5 Å². The predicted octanol–water partition coefficient (Wildman–Crippen LogP) is 3.12. The Kier molecular flexibility index (Phi) is 3.69. The minimum Gasteiger partial charge on any atom is -0.456 e. The zero-order valence-electron chi connectivity index (χ0n) is 10.4. The highest BCUT2D eigenvalue weighted by Crippen LogP contribution is 2.26. The van der Waals surface area contributed by atoms with Crippen molar-refractivity contribution in [1.29, 1.82) is 0 Å². The molecule has 0 unspecified atom stereocenters. The van der Waals surface area contributed by atoms with Gasteiger partial charge >= 0.3 is 5.69 Å². The molecule has 0 saturated heterocycles. The van der Waals surface area contributed by atoms with Gasteiger partial charge in [0.05, 0.1) is 11.1 Å². The maximum Gasteiger partial charge on any atom is 0.305 e. The van der Waals surface area contributed by atoms with E-state index < -0.39 is 16.4 Å². The maximum absolute atomic E-state index is 13.4. The van der Waals surface area contributed by atoms with Crippen molar-refractivity contribution in [2.45, 2.75) is 6.92 Å². The van der Waals surface area contributed by atoms with Gasteiger partial charge in [-0.05, 0) is 18.2 Å². The van der Waals surface area contributed by atoms with Crippen molar-refractivity contribution in [3.63, 3.8) is 0 Å². The number of aromatic nitrogens is 1. The molecular formula is C13H9FN2O4. The Morgan fingerprint density at radius 1 is 1.30 bits per heavy atom. The smallest absolute Gasteiger partial charge is 0.305 e. The minimum absolute atomic E-state index is 0.102. The molecular weight excluding hydrogens is 267 g/mol. The van der Waals surface area contributed by atoms with Crippen LogP contribution in [0, 0.1) is 15.9 Å². The van der Waals surface area contributed by atoms with Crippen LogP contribution in [-0.2, 0) is 0 Å². The molecule has 0 saturated carbocycles. The summed E-state index contributed by atoms with van der Waals surface area (Å²) in [6, 6.07) is 6.18. The molecule has 0 aliphatic heterocycles. The van der Waals surface area contributed by atoms with Gasteiger partial charge in [0.1, 0.15) is 17.2 Å². The van der Waals surface area contributed by atoms with Crippen molar-refractivity contribution in [3.8, 4) is 11.5 Å². The second-order valence-corrected chi connectivity index (χ2v) is 3.91. The summed E-state index contributed by atoms with van der Waals surface area (Å²) in [5.74, 6) is -0.771. The summed E-state index contributed by atoms with van der Waals surface area (Å²) < 4.78 is 18.7. The van der Waals surface area contributed by atoms with E-state index in [4.69, 9.17) is 4.74 Å². The van der Waals surface area contributed by atoms with Crippen molar-refractivity contribution in [1.82, 2.24) is 4.98 Å². The summed E-state index contributed by atoms with van der Waals surface area (Å²) in [5, 5.41) is 10.5. The highest BCUT2D eigenvalue weighted by molar-refractivity contribution is 5.92. The molecule has 0 radical (unpaired) electrons. The van der Waals surface area contributed by atoms with Gasteiger partial charge in [-0.25, -0.2) is 4.98 Å². The Hall–Kier alpha value is -2.83. The van der Waals surface area contributed by atoms with Gasteiger partial charge in [-0.1, -0.05) is 0 Å². The second-order valence-electron chi connectivity index (χ2n) is 3.91. The normalized spacial score (nSPS) is 10.1. The molecule has 0 aliphatic rings. The Morgan fingerprint density at radius 3 is 2.50 bits per heavy atom. The minimum atomic E-state index is -0.985. The third kappa shape index (κ3) is 2.94. The number of rotatable bonds is 4. The first-order chi connectivity index (χ1) is 9.47. The third-order valence-electron chi connectivity index (χ3n) is 2.45. The first kappa shape index (κ1) is 13.6. The second kappa shape index (κ2) is 5.43. The number of Topliss-reactive ketones (excluding diaryl/α,β-unsaturated/α-hetero) is 1. The SMILES string of the molecule is CC(=O)c1ccc(Oc2ccc([N+](=O)[O-])c(F)c2)cn1. The lowest BCUT2D eigenvalue weighted by atomic mass is 10.2. The number of nitrogens with zero attached hydrogens (tertiary/aromatic N) is 2. The number of ketones is 1. The summed E-state index contributed by atoms with van der Waals surface area (Å²) in [6.07, 6.45) is 1.32. The van der Waals surface area contributed by atoms with Gasteiger partial charge in [0.2, 0.25) is 5.82 Å². The summed E-state index contributed by atoms with van der Waals surface area (Å²) in [7, 11) is 0. The van der Waals surface area contributed by atoms with Gasteiger partial charge in [-0.15, -0.1) is 0 Å². The molecule has 0 aliphatic carbocycles. The summed E-state index contributed by atoms with van der Waals surface area (Å²) in [5.41, 5.74) is -0.338. The molecule has 0 bridgehead atoms. The van der Waals surface area contributed by atoms with Gasteiger partial charge in [-0.2, -0.15) is 4.39 Å². The van der Waals surface area contributed by atoms with E-state index in [1.165, 1.54) is 31.3 Å². The fourth-order valence-corrected chi connectivity index (χ4v) is 1.48. The molecule has 1 aromatic heterocycles. The molecule has 102 valence electrons. The fraction of sp³-hybridized carbons (Fsp3) is 0.0769. The van der Waals surface area contributed by atoms with Gasteiger partial charge in [0, 0.05) is 19.1 Å². The number of carbonyl (C=O) groups is 1. The molecule has 6 nitrogen and oxygen atoms in total. The molecule has 7 heteroatoms. The fourth-order valence-electron chi connectivity index (χ4n) is 1.48. The van der Waals surface area contributed by atoms with Crippen molar-refractivity contribution in [2.24, 2.45) is 0 Å². The van der Waals surface area contributed by atoms with Gasteiger partial charge in [-0.3, -0.25) is 14.9 Å². The van der Waals surface area contributed by atoms with E-state index in [0.29, 0.717) is 5.75 Å². The van der Waals surface area contributed by atoms with E-state index in [1.807, 2.05) is 0 Å². The van der Waals surface area contributed by atoms with Crippen LogP contribution >= 0.6 is 0 Å². The van der Waals surface area contributed by atoms with E-state index >= 15 is 0 Å². The number of carbonyl (C=O) groups excluding carboxylic acids is 1. The summed E-state index contributed by atoms with van der Waals surface area (Å²) in [4.78, 5) is 24.6. The third-order valence-corrected chi connectivity index (χ3v) is 2.45. The predicted molar refractivity (Wildman–Crippen MR) is 67.4 cm³/mol. The number of hydrogen-bond acceptors (Lipinski definition) is 5. The lowest BCUT2D eigenvalue weighted by Gasteiger charge is -2.05. The number of ether oxygens (including phenoxy) is 1. The van der Waals surface area contributed by atoms with Gasteiger partial charge < -0.3 is 4.74 Å². The average molecular weight is 276 g/mol. The number of hydrogen-bond donors (Lipinski definition) is 0. The molecule has 1 heterocycles. The highest BCUT2D eigenvalue weighted by Gasteiger charge is 2.14. The van der Waals surface area contributed by atoms with Crippen LogP contribution in [0.2, 0.25) is 0 Å². The highest BCUT2D eigenvalue weighted by atomic mass is 19.1. The zero-order chi connectivity index (χ0) is 14.7. The lowest BCUT2D eigenvalue weighted by molar-refractivity contribution is -0.387. The van der Waals surface area contributed by atoms with Crippen LogP contribution in [0.25, 0.3) is 0 Å². The lowest BCUT2D eigenvalue weighted by Crippen LogP contribution is -1.96. The molecule has 0 amide bonds. The van der Waals surface area contributed by atoms with Crippen LogP contribution in [0.4, 0.5) is 10.1 Å². The monoisotopic (exact) mass is 276 g/mol. The number of benzene rings is 1. The topological polar surface area (TPSA) is 82.3 Å². The van der Waals surface area contributed by atoms with Crippen LogP contribution in [0.5, 0.6) is 11.5 Å². The largest absolute Gasteiger partial charge is 0.456 e. The molecule has 0 spiro atoms. The standard InChI is InChI=1S/C13H9FN2O4/c1-8(17)12-4-2-10(7-15-12)20-9-3-5-13(16(18)19)11(14)6-9/h2-7H,1H3. The quantitative estimate of drug-likeness (QED) is 0.486. The summed E-state index contributed by atoms with van der Waals surface area (Å²) >= 11 is 0. The van der Waals surface area contributed by atoms with Crippen molar-refractivity contribution in [3.05, 3.63) is 58.2 Å². The molecule has 20 heavy (non-hydrogen) atoms. The van der Waals surface area contributed by atoms with Crippen LogP contribution in [-0.4, -0.2) is 15.7 Å². The summed E-state index contributed by atoms with van der Waals surface area (Å²) in [6.45, 7) is 1.38. The first-order valence-corrected chi connectivity index (χ1v) is 5.56. The van der Waals surface area contributed by atoms with E-state index in [-0.39, 0.29) is 17.2 Å². The van der Waals surface area contributed by atoms with E-state index in [2.05, 4.69) is 4.98 Å². The number of nitro groups is 1. The molecule has 2 aromatic rings. The van der Waals surface area contributed by atoms with E-state index in [9.17, 15) is 19.3 Å². The molecule has 0 N–H and O–H groups in total. The van der Waals surface area contributed by atoms with Crippen LogP contribution in [0.3, 0.4) is 0 Å². The van der Waals surface area contributed by atoms with Crippen molar-refractivity contribution in [2.75, 3.05) is 0 Å². The Morgan fingerprint density at radius 2 is 2.00 bits per heavy atom. The first-order valence-electron chi connectivity index (χ1n) is 5.56. The number of nitro benzene ring substituents is 1. The Balaban J connectivity index is 2.19. The Labute approximate surface area is 113 Å². The van der Waals surface area contributed by atoms with Gasteiger partial charge in [0.25, 0.3) is 0 Å².